The van der Waals surface area contributed by atoms with Crippen LogP contribution in [0.25, 0.3) is 0 Å². The first-order valence-corrected chi connectivity index (χ1v) is 3.81. The van der Waals surface area contributed by atoms with E-state index in [1.54, 1.807) is 0 Å². The predicted octanol–water partition coefficient (Wildman–Crippen LogP) is 1.73. The van der Waals surface area contributed by atoms with Gasteiger partial charge in [0.1, 0.15) is 0 Å². The van der Waals surface area contributed by atoms with Crippen molar-refractivity contribution < 1.29 is 5.11 Å². The fraction of sp³-hybridized carbons (Fsp3) is 0.250. The largest absolute Gasteiger partial charge is 0.392 e. The number of hydrogen-bond donors (Lipinski definition) is 1. The van der Waals surface area contributed by atoms with Gasteiger partial charge in [0.15, 0.2) is 0 Å². The molecule has 0 aliphatic heterocycles. The number of halogens is 1. The minimum atomic E-state index is 0.0948. The molecule has 1 aromatic rings. The number of allylic oxidation sites excluding steroid dienone is 1. The summed E-state index contributed by atoms with van der Waals surface area (Å²) in [6, 6.07) is 1.88. The molecule has 3 heteroatoms. The number of rotatable bonds is 3. The maximum atomic E-state index is 8.72. The highest BCUT2D eigenvalue weighted by Crippen LogP contribution is 2.00. The molecule has 0 bridgehead atoms. The van der Waals surface area contributed by atoms with E-state index < -0.39 is 0 Å². The van der Waals surface area contributed by atoms with Crippen molar-refractivity contribution in [3.05, 3.63) is 35.6 Å². The van der Waals surface area contributed by atoms with Crippen molar-refractivity contribution in [2.24, 2.45) is 0 Å². The molecule has 60 valence electrons. The number of hydrogen-bond acceptors (Lipinski definition) is 1. The lowest BCUT2D eigenvalue weighted by Crippen LogP contribution is -1.89. The van der Waals surface area contributed by atoms with Gasteiger partial charge in [-0.1, -0.05) is 17.7 Å². The van der Waals surface area contributed by atoms with Gasteiger partial charge in [-0.05, 0) is 11.6 Å². The molecule has 1 aromatic heterocycles. The van der Waals surface area contributed by atoms with Crippen LogP contribution in [0.5, 0.6) is 0 Å². The van der Waals surface area contributed by atoms with Crippen LogP contribution in [0, 0.1) is 0 Å². The molecule has 0 radical (unpaired) electrons. The summed E-state index contributed by atoms with van der Waals surface area (Å²) in [6.07, 6.45) is 5.63. The number of aliphatic hydroxyl groups is 1. The Labute approximate surface area is 70.7 Å². The number of aliphatic hydroxyl groups excluding tert-OH is 1. The Bertz CT molecular complexity index is 242. The average Bonchev–Trinajstić information content (AvgIpc) is 2.48. The maximum Gasteiger partial charge on any atom is 0.0696 e. The lowest BCUT2D eigenvalue weighted by Gasteiger charge is -1.93. The normalized spacial score (nSPS) is 11.1. The highest BCUT2D eigenvalue weighted by Gasteiger charge is 1.91. The Kier molecular flexibility index (Phi) is 3.20. The van der Waals surface area contributed by atoms with Gasteiger partial charge in [-0.15, -0.1) is 0 Å². The molecular weight excluding hydrogens is 162 g/mol. The topological polar surface area (TPSA) is 25.2 Å². The van der Waals surface area contributed by atoms with E-state index in [0.29, 0.717) is 0 Å². The zero-order valence-corrected chi connectivity index (χ0v) is 6.83. The second-order valence-electron chi connectivity index (χ2n) is 2.24. The third-order valence-electron chi connectivity index (χ3n) is 1.40. The monoisotopic (exact) mass is 171 g/mol. The smallest absolute Gasteiger partial charge is 0.0696 e. The van der Waals surface area contributed by atoms with Gasteiger partial charge < -0.3 is 9.67 Å². The summed E-state index contributed by atoms with van der Waals surface area (Å²) in [6.45, 7) is 0.848. The fourth-order valence-corrected chi connectivity index (χ4v) is 0.939. The minimum Gasteiger partial charge on any atom is -0.392 e. The molecule has 0 saturated heterocycles. The maximum absolute atomic E-state index is 8.72. The van der Waals surface area contributed by atoms with Crippen LogP contribution in [-0.2, 0) is 13.2 Å². The molecule has 2 nitrogen and oxygen atoms in total. The second-order valence-corrected chi connectivity index (χ2v) is 2.49. The fourth-order valence-electron chi connectivity index (χ4n) is 0.859. The molecule has 1 heterocycles. The second kappa shape index (κ2) is 4.21. The Morgan fingerprint density at radius 3 is 3.00 bits per heavy atom. The molecule has 1 rings (SSSR count). The Morgan fingerprint density at radius 1 is 1.64 bits per heavy atom. The van der Waals surface area contributed by atoms with Crippen LogP contribution in [0.2, 0.25) is 0 Å². The quantitative estimate of drug-likeness (QED) is 0.737. The lowest BCUT2D eigenvalue weighted by atomic mass is 10.4. The van der Waals surface area contributed by atoms with E-state index in [-0.39, 0.29) is 6.61 Å². The Hall–Kier alpha value is -0.730. The number of nitrogens with zero attached hydrogens (tertiary/aromatic N) is 1. The zero-order valence-electron chi connectivity index (χ0n) is 6.07. The summed E-state index contributed by atoms with van der Waals surface area (Å²) in [5.41, 5.74) is 2.41. The van der Waals surface area contributed by atoms with E-state index in [1.807, 2.05) is 29.1 Å². The van der Waals surface area contributed by atoms with Gasteiger partial charge in [-0.2, -0.15) is 0 Å². The molecule has 0 atom stereocenters. The summed E-state index contributed by atoms with van der Waals surface area (Å²) in [7, 11) is 0. The summed E-state index contributed by atoms with van der Waals surface area (Å²) >= 11 is 5.35. The van der Waals surface area contributed by atoms with Crippen LogP contribution in [0.15, 0.2) is 30.1 Å². The van der Waals surface area contributed by atoms with Gasteiger partial charge >= 0.3 is 0 Å². The van der Waals surface area contributed by atoms with Gasteiger partial charge in [-0.25, -0.2) is 0 Å². The van der Waals surface area contributed by atoms with Gasteiger partial charge in [0.25, 0.3) is 0 Å². The molecule has 0 aliphatic rings. The third kappa shape index (κ3) is 2.41. The van der Waals surface area contributed by atoms with E-state index >= 15 is 0 Å². The molecule has 0 unspecified atom stereocenters. The molecule has 0 aliphatic carbocycles. The molecule has 0 saturated carbocycles. The highest BCUT2D eigenvalue weighted by molar-refractivity contribution is 6.25. The van der Waals surface area contributed by atoms with Crippen molar-refractivity contribution in [3.63, 3.8) is 0 Å². The molecule has 11 heavy (non-hydrogen) atoms. The highest BCUT2D eigenvalue weighted by atomic mass is 35.5. The summed E-state index contributed by atoms with van der Waals surface area (Å²) in [5, 5.41) is 8.72. The summed E-state index contributed by atoms with van der Waals surface area (Å²) < 4.78 is 1.95. The van der Waals surface area contributed by atoms with Crippen molar-refractivity contribution >= 4 is 11.6 Å². The van der Waals surface area contributed by atoms with Crippen molar-refractivity contribution in [3.8, 4) is 0 Å². The van der Waals surface area contributed by atoms with E-state index in [1.165, 1.54) is 5.54 Å². The van der Waals surface area contributed by atoms with Crippen molar-refractivity contribution in [1.29, 1.82) is 0 Å². The molecular formula is C8H10ClNO. The molecule has 1 N–H and O–H groups in total. The van der Waals surface area contributed by atoms with Crippen molar-refractivity contribution in [2.45, 2.75) is 13.2 Å². The first-order valence-electron chi connectivity index (χ1n) is 3.37. The minimum absolute atomic E-state index is 0.0948. The van der Waals surface area contributed by atoms with Crippen LogP contribution >= 0.6 is 11.6 Å². The van der Waals surface area contributed by atoms with Crippen molar-refractivity contribution in [1.82, 2.24) is 4.57 Å². The average molecular weight is 172 g/mol. The molecule has 0 fully saturated rings. The molecule has 0 amide bonds. The van der Waals surface area contributed by atoms with Crippen molar-refractivity contribution in [2.75, 3.05) is 0 Å². The van der Waals surface area contributed by atoms with E-state index in [2.05, 4.69) is 0 Å². The van der Waals surface area contributed by atoms with E-state index in [4.69, 9.17) is 16.7 Å². The standard InChI is InChI=1S/C8H10ClNO/c9-3-1-4-10-5-2-8(6-10)7-11/h1-3,5-6,11H,4,7H2. The van der Waals surface area contributed by atoms with Gasteiger partial charge in [0, 0.05) is 24.5 Å². The van der Waals surface area contributed by atoms with Gasteiger partial charge in [0.2, 0.25) is 0 Å². The van der Waals surface area contributed by atoms with E-state index in [9.17, 15) is 0 Å². The van der Waals surface area contributed by atoms with Crippen LogP contribution < -0.4 is 0 Å². The van der Waals surface area contributed by atoms with Gasteiger partial charge in [-0.3, -0.25) is 0 Å². The predicted molar refractivity (Wildman–Crippen MR) is 45.3 cm³/mol. The van der Waals surface area contributed by atoms with Crippen LogP contribution in [0.1, 0.15) is 5.56 Å². The van der Waals surface area contributed by atoms with Crippen LogP contribution in [0.3, 0.4) is 0 Å². The third-order valence-corrected chi connectivity index (χ3v) is 1.58. The Balaban J connectivity index is 2.58. The van der Waals surface area contributed by atoms with Crippen LogP contribution in [0.4, 0.5) is 0 Å². The Morgan fingerprint density at radius 2 is 2.45 bits per heavy atom. The van der Waals surface area contributed by atoms with Gasteiger partial charge in [0.05, 0.1) is 6.61 Å². The SMILES string of the molecule is OCc1ccn(CC=CCl)c1. The first kappa shape index (κ1) is 8.37. The first-order chi connectivity index (χ1) is 5.36. The molecule has 0 aromatic carbocycles. The number of aromatic nitrogens is 1. The summed E-state index contributed by atoms with van der Waals surface area (Å²) in [5.74, 6) is 0. The lowest BCUT2D eigenvalue weighted by molar-refractivity contribution is 0.282. The van der Waals surface area contributed by atoms with E-state index in [0.717, 1.165) is 12.1 Å². The van der Waals surface area contributed by atoms with Crippen LogP contribution in [-0.4, -0.2) is 9.67 Å². The zero-order chi connectivity index (χ0) is 8.10. The summed E-state index contributed by atoms with van der Waals surface area (Å²) in [4.78, 5) is 0. The molecule has 0 spiro atoms.